The van der Waals surface area contributed by atoms with Crippen molar-refractivity contribution in [2.24, 2.45) is 0 Å². The zero-order valence-corrected chi connectivity index (χ0v) is 17.3. The van der Waals surface area contributed by atoms with E-state index in [-0.39, 0.29) is 35.0 Å². The highest BCUT2D eigenvalue weighted by Crippen LogP contribution is 2.32. The number of sulfonamides is 1. The number of anilines is 1. The van der Waals surface area contributed by atoms with Crippen molar-refractivity contribution < 1.29 is 13.2 Å². The molecule has 10 heteroatoms. The molecule has 9 nitrogen and oxygen atoms in total. The van der Waals surface area contributed by atoms with Crippen LogP contribution in [0.25, 0.3) is 33.3 Å². The summed E-state index contributed by atoms with van der Waals surface area (Å²) in [5, 5.41) is 0.501. The lowest BCUT2D eigenvalue weighted by Gasteiger charge is -2.16. The first-order chi connectivity index (χ1) is 14.3. The van der Waals surface area contributed by atoms with Crippen LogP contribution in [-0.2, 0) is 14.8 Å². The van der Waals surface area contributed by atoms with Gasteiger partial charge in [0.05, 0.1) is 33.9 Å². The second-order valence-corrected chi connectivity index (χ2v) is 8.92. The maximum Gasteiger partial charge on any atom is 0.276 e. The topological polar surface area (TPSA) is 134 Å². The summed E-state index contributed by atoms with van der Waals surface area (Å²) in [6.07, 6.45) is 0. The Bertz CT molecular complexity index is 1410. The third-order valence-electron chi connectivity index (χ3n) is 4.97. The number of likely N-dealkylation sites (N-methyl/N-ethyl adjacent to an activating group) is 1. The maximum absolute atomic E-state index is 12.8. The third kappa shape index (κ3) is 3.34. The fourth-order valence-electron chi connectivity index (χ4n) is 3.26. The van der Waals surface area contributed by atoms with Gasteiger partial charge in [-0.1, -0.05) is 12.1 Å². The smallest absolute Gasteiger partial charge is 0.276 e. The number of H-pyrrole nitrogens is 2. The summed E-state index contributed by atoms with van der Waals surface area (Å²) in [6.45, 7) is 0.506. The van der Waals surface area contributed by atoms with Gasteiger partial charge in [-0.15, -0.1) is 0 Å². The second-order valence-electron chi connectivity index (χ2n) is 6.87. The Morgan fingerprint density at radius 3 is 2.67 bits per heavy atom. The highest BCUT2D eigenvalue weighted by atomic mass is 32.2. The van der Waals surface area contributed by atoms with Crippen LogP contribution in [0.3, 0.4) is 0 Å². The first-order valence-corrected chi connectivity index (χ1v) is 10.6. The van der Waals surface area contributed by atoms with E-state index in [1.54, 1.807) is 18.2 Å². The number of hydrogen-bond donors (Lipinski definition) is 3. The van der Waals surface area contributed by atoms with Gasteiger partial charge in [0.2, 0.25) is 10.0 Å². The van der Waals surface area contributed by atoms with Crippen LogP contribution in [-0.4, -0.2) is 55.0 Å². The number of aromatic nitrogens is 3. The number of nitrogens with one attached hydrogen (secondary N) is 2. The van der Waals surface area contributed by atoms with Gasteiger partial charge in [0.1, 0.15) is 0 Å². The molecular weight excluding hydrogens is 406 g/mol. The zero-order valence-electron chi connectivity index (χ0n) is 16.5. The van der Waals surface area contributed by atoms with E-state index in [2.05, 4.69) is 15.0 Å². The predicted molar refractivity (Wildman–Crippen MR) is 116 cm³/mol. The van der Waals surface area contributed by atoms with Crippen molar-refractivity contribution in [1.29, 1.82) is 0 Å². The lowest BCUT2D eigenvalue weighted by atomic mass is 10.2. The van der Waals surface area contributed by atoms with Gasteiger partial charge in [-0.05, 0) is 30.3 Å². The summed E-state index contributed by atoms with van der Waals surface area (Å²) in [5.74, 6) is 0. The van der Waals surface area contributed by atoms with Crippen molar-refractivity contribution in [2.75, 3.05) is 33.0 Å². The minimum atomic E-state index is -3.71. The fraction of sp³-hybridized carbons (Fsp3) is 0.200. The van der Waals surface area contributed by atoms with Crippen LogP contribution >= 0.6 is 0 Å². The van der Waals surface area contributed by atoms with Gasteiger partial charge in [-0.3, -0.25) is 4.79 Å². The van der Waals surface area contributed by atoms with Crippen LogP contribution in [0.5, 0.6) is 0 Å². The van der Waals surface area contributed by atoms with Gasteiger partial charge in [-0.2, -0.15) is 4.31 Å². The summed E-state index contributed by atoms with van der Waals surface area (Å²) in [5.41, 5.74) is 8.50. The van der Waals surface area contributed by atoms with E-state index in [0.717, 1.165) is 0 Å². The van der Waals surface area contributed by atoms with E-state index in [0.29, 0.717) is 27.6 Å². The third-order valence-corrected chi connectivity index (χ3v) is 6.82. The van der Waals surface area contributed by atoms with E-state index in [9.17, 15) is 13.2 Å². The SMILES string of the molecule is COCCN(C)S(=O)(=O)c1ccc2[nH]c(-c3nc4ccccc4[nH]c3=O)c(N)c2c1. The Morgan fingerprint density at radius 1 is 1.13 bits per heavy atom. The highest BCUT2D eigenvalue weighted by Gasteiger charge is 2.23. The predicted octanol–water partition coefficient (Wildman–Crippen LogP) is 1.92. The van der Waals surface area contributed by atoms with Crippen molar-refractivity contribution in [3.63, 3.8) is 0 Å². The molecule has 0 spiro atoms. The number of rotatable bonds is 6. The number of benzene rings is 2. The van der Waals surface area contributed by atoms with E-state index in [4.69, 9.17) is 10.5 Å². The van der Waals surface area contributed by atoms with Crippen molar-refractivity contribution in [1.82, 2.24) is 19.3 Å². The van der Waals surface area contributed by atoms with Crippen LogP contribution in [0.4, 0.5) is 5.69 Å². The lowest BCUT2D eigenvalue weighted by molar-refractivity contribution is 0.185. The number of nitrogen functional groups attached to an aromatic ring is 1. The highest BCUT2D eigenvalue weighted by molar-refractivity contribution is 7.89. The fourth-order valence-corrected chi connectivity index (χ4v) is 4.44. The quantitative estimate of drug-likeness (QED) is 0.430. The largest absolute Gasteiger partial charge is 0.396 e. The molecule has 0 aliphatic heterocycles. The zero-order chi connectivity index (χ0) is 21.5. The molecule has 0 saturated heterocycles. The summed E-state index contributed by atoms with van der Waals surface area (Å²) < 4.78 is 31.8. The van der Waals surface area contributed by atoms with Gasteiger partial charge in [0.15, 0.2) is 5.69 Å². The molecule has 0 aliphatic carbocycles. The molecule has 0 radical (unpaired) electrons. The van der Waals surface area contributed by atoms with Crippen LogP contribution in [0.1, 0.15) is 0 Å². The van der Waals surface area contributed by atoms with Gasteiger partial charge >= 0.3 is 0 Å². The molecule has 0 atom stereocenters. The molecule has 0 fully saturated rings. The van der Waals surface area contributed by atoms with E-state index >= 15 is 0 Å². The number of aromatic amines is 2. The number of nitrogens with two attached hydrogens (primary N) is 1. The van der Waals surface area contributed by atoms with Gasteiger partial charge in [0, 0.05) is 31.6 Å². The minimum Gasteiger partial charge on any atom is -0.396 e. The molecule has 4 aromatic rings. The summed E-state index contributed by atoms with van der Waals surface area (Å²) in [6, 6.07) is 11.8. The van der Waals surface area contributed by atoms with Crippen LogP contribution < -0.4 is 11.3 Å². The Labute approximate surface area is 172 Å². The maximum atomic E-state index is 12.8. The average molecular weight is 427 g/mol. The monoisotopic (exact) mass is 427 g/mol. The number of nitrogens with zero attached hydrogens (tertiary/aromatic N) is 2. The summed E-state index contributed by atoms with van der Waals surface area (Å²) in [7, 11) is -0.711. The van der Waals surface area contributed by atoms with E-state index in [1.165, 1.54) is 30.6 Å². The minimum absolute atomic E-state index is 0.103. The number of para-hydroxylation sites is 2. The van der Waals surface area contributed by atoms with Crippen molar-refractivity contribution in [3.8, 4) is 11.4 Å². The number of methoxy groups -OCH3 is 1. The Balaban J connectivity index is 1.83. The Kier molecular flexibility index (Phi) is 5.06. The van der Waals surface area contributed by atoms with Crippen molar-refractivity contribution in [2.45, 2.75) is 4.90 Å². The van der Waals surface area contributed by atoms with Gasteiger partial charge in [-0.25, -0.2) is 13.4 Å². The Hall–Kier alpha value is -3.21. The molecule has 2 aromatic heterocycles. The molecular formula is C20H21N5O4S. The van der Waals surface area contributed by atoms with Gasteiger partial charge < -0.3 is 20.4 Å². The molecule has 4 rings (SSSR count). The summed E-state index contributed by atoms with van der Waals surface area (Å²) >= 11 is 0. The number of hydrogen-bond acceptors (Lipinski definition) is 6. The Morgan fingerprint density at radius 2 is 1.90 bits per heavy atom. The van der Waals surface area contributed by atoms with Crippen molar-refractivity contribution in [3.05, 3.63) is 52.8 Å². The molecule has 0 aliphatic rings. The molecule has 2 heterocycles. The molecule has 0 unspecified atom stereocenters. The first-order valence-electron chi connectivity index (χ1n) is 9.19. The van der Waals surface area contributed by atoms with Crippen LogP contribution in [0.15, 0.2) is 52.2 Å². The average Bonchev–Trinajstić information content (AvgIpc) is 3.07. The van der Waals surface area contributed by atoms with Crippen LogP contribution in [0.2, 0.25) is 0 Å². The molecule has 156 valence electrons. The molecule has 2 aromatic carbocycles. The molecule has 30 heavy (non-hydrogen) atoms. The lowest BCUT2D eigenvalue weighted by Crippen LogP contribution is -2.30. The van der Waals surface area contributed by atoms with Gasteiger partial charge in [0.25, 0.3) is 5.56 Å². The van der Waals surface area contributed by atoms with Crippen LogP contribution in [0, 0.1) is 0 Å². The normalized spacial score (nSPS) is 12.2. The molecule has 4 N–H and O–H groups in total. The first kappa shape index (κ1) is 20.1. The molecule has 0 bridgehead atoms. The van der Waals surface area contributed by atoms with E-state index < -0.39 is 10.0 Å². The number of fused-ring (bicyclic) bond motifs is 2. The van der Waals surface area contributed by atoms with E-state index in [1.807, 2.05) is 12.1 Å². The second kappa shape index (κ2) is 7.56. The summed E-state index contributed by atoms with van der Waals surface area (Å²) in [4.78, 5) is 23.0. The molecule has 0 amide bonds. The number of ether oxygens (including phenoxy) is 1. The standard InChI is InChI=1S/C20H21N5O4S/c1-25(9-10-29-2)30(27,28)12-7-8-14-13(11-12)17(21)18(22-14)19-20(26)24-16-6-4-3-5-15(16)23-19/h3-8,11,22H,9-10,21H2,1-2H3,(H,24,26). The van der Waals surface area contributed by atoms with Crippen molar-refractivity contribution >= 4 is 37.6 Å². The molecule has 0 saturated carbocycles.